The Balaban J connectivity index is 0.000000162. The van der Waals surface area contributed by atoms with Gasteiger partial charge in [-0.3, -0.25) is 0 Å². The molecule has 1 N–H and O–H groups in total. The summed E-state index contributed by atoms with van der Waals surface area (Å²) >= 11 is 18.4. The molecule has 6 aromatic rings. The third-order valence-corrected chi connectivity index (χ3v) is 8.13. The van der Waals surface area contributed by atoms with Gasteiger partial charge in [0.05, 0.1) is 23.2 Å². The van der Waals surface area contributed by atoms with Crippen LogP contribution in [0.25, 0.3) is 21.5 Å². The van der Waals surface area contributed by atoms with Crippen LogP contribution in [0.5, 0.6) is 28.7 Å². The summed E-state index contributed by atoms with van der Waals surface area (Å²) in [4.78, 5) is 0. The highest BCUT2D eigenvalue weighted by Gasteiger charge is 2.14. The maximum absolute atomic E-state index is 12.9. The standard InChI is InChI=1S/C17H12BrClO2.C10H8O.C7H5BrClFO/c1-20-15-10-9-13(18)17(16(15)19)21-14-8-4-6-11-5-2-3-7-12(11)14;11-10-7-3-5-8-4-1-2-6-9(8)10;1-11-5-3-2-4(8)7(10)6(5)9/h2-10H,1H3;1-7,11H;2-3H,1H3. The van der Waals surface area contributed by atoms with Gasteiger partial charge in [0.2, 0.25) is 0 Å². The Morgan fingerprint density at radius 3 is 1.72 bits per heavy atom. The predicted octanol–water partition coefficient (Wildman–Crippen LogP) is 11.9. The molecule has 0 radical (unpaired) electrons. The Morgan fingerprint density at radius 1 is 0.581 bits per heavy atom. The van der Waals surface area contributed by atoms with Crippen LogP contribution in [-0.4, -0.2) is 19.3 Å². The second kappa shape index (κ2) is 15.3. The van der Waals surface area contributed by atoms with Gasteiger partial charge in [0.1, 0.15) is 33.0 Å². The summed E-state index contributed by atoms with van der Waals surface area (Å²) in [5.41, 5.74) is 0. The SMILES string of the molecule is COc1ccc(Br)c(F)c1Cl.COc1ccc(Br)c(Oc2cccc3ccccc23)c1Cl.Oc1cccc2ccccc12. The van der Waals surface area contributed by atoms with Gasteiger partial charge in [-0.2, -0.15) is 0 Å². The van der Waals surface area contributed by atoms with Crippen LogP contribution in [0.4, 0.5) is 4.39 Å². The molecule has 0 aromatic heterocycles. The number of fused-ring (bicyclic) bond motifs is 2. The third-order valence-electron chi connectivity index (χ3n) is 6.18. The third kappa shape index (κ3) is 7.92. The zero-order valence-electron chi connectivity index (χ0n) is 23.0. The van der Waals surface area contributed by atoms with Crippen molar-refractivity contribution in [2.75, 3.05) is 14.2 Å². The highest BCUT2D eigenvalue weighted by molar-refractivity contribution is 9.10. The number of ether oxygens (including phenoxy) is 3. The predicted molar refractivity (Wildman–Crippen MR) is 181 cm³/mol. The maximum Gasteiger partial charge on any atom is 0.164 e. The molecule has 0 saturated carbocycles. The van der Waals surface area contributed by atoms with Crippen LogP contribution in [0, 0.1) is 5.82 Å². The first kappa shape index (κ1) is 32.4. The van der Waals surface area contributed by atoms with E-state index in [1.54, 1.807) is 31.4 Å². The minimum Gasteiger partial charge on any atom is -0.507 e. The lowest BCUT2D eigenvalue weighted by Crippen LogP contribution is -1.91. The first-order valence-corrected chi connectivity index (χ1v) is 15.1. The molecule has 9 heteroatoms. The Bertz CT molecular complexity index is 1860. The highest BCUT2D eigenvalue weighted by Crippen LogP contribution is 2.43. The van der Waals surface area contributed by atoms with Crippen LogP contribution in [-0.2, 0) is 0 Å². The lowest BCUT2D eigenvalue weighted by molar-refractivity contribution is 0.409. The van der Waals surface area contributed by atoms with E-state index in [-0.39, 0.29) is 5.02 Å². The topological polar surface area (TPSA) is 47.9 Å². The van der Waals surface area contributed by atoms with Gasteiger partial charge in [-0.1, -0.05) is 96.0 Å². The van der Waals surface area contributed by atoms with Crippen molar-refractivity contribution in [1.29, 1.82) is 0 Å². The molecule has 220 valence electrons. The van der Waals surface area contributed by atoms with Gasteiger partial charge >= 0.3 is 0 Å². The molecule has 4 nitrogen and oxygen atoms in total. The normalized spacial score (nSPS) is 10.3. The average molecular weight is 747 g/mol. The monoisotopic (exact) mass is 744 g/mol. The van der Waals surface area contributed by atoms with E-state index in [0.29, 0.717) is 32.5 Å². The molecule has 0 bridgehead atoms. The minimum absolute atomic E-state index is 0.00174. The number of hydrogen-bond acceptors (Lipinski definition) is 4. The summed E-state index contributed by atoms with van der Waals surface area (Å²) in [6.45, 7) is 0. The quantitative estimate of drug-likeness (QED) is 0.183. The summed E-state index contributed by atoms with van der Waals surface area (Å²) < 4.78 is 30.1. The maximum atomic E-state index is 12.9. The average Bonchev–Trinajstić information content (AvgIpc) is 3.03. The van der Waals surface area contributed by atoms with E-state index in [2.05, 4.69) is 31.9 Å². The number of hydrogen-bond donors (Lipinski definition) is 1. The van der Waals surface area contributed by atoms with Crippen molar-refractivity contribution in [2.24, 2.45) is 0 Å². The Kier molecular flexibility index (Phi) is 11.5. The van der Waals surface area contributed by atoms with E-state index < -0.39 is 5.82 Å². The van der Waals surface area contributed by atoms with E-state index in [9.17, 15) is 9.50 Å². The van der Waals surface area contributed by atoms with Gasteiger partial charge < -0.3 is 19.3 Å². The second-order valence-corrected chi connectivity index (χ2v) is 11.3. The van der Waals surface area contributed by atoms with Crippen molar-refractivity contribution in [3.05, 3.63) is 134 Å². The van der Waals surface area contributed by atoms with Gasteiger partial charge in [0.25, 0.3) is 0 Å². The highest BCUT2D eigenvalue weighted by atomic mass is 79.9. The number of phenolic OH excluding ortho intramolecular Hbond substituents is 1. The van der Waals surface area contributed by atoms with Gasteiger partial charge in [0, 0.05) is 10.8 Å². The Hall–Kier alpha value is -3.49. The van der Waals surface area contributed by atoms with Crippen LogP contribution in [0.15, 0.2) is 118 Å². The van der Waals surface area contributed by atoms with E-state index in [4.69, 9.17) is 37.4 Å². The molecule has 0 aliphatic carbocycles. The van der Waals surface area contributed by atoms with Gasteiger partial charge in [-0.15, -0.1) is 0 Å². The first-order valence-electron chi connectivity index (χ1n) is 12.8. The molecule has 0 atom stereocenters. The fourth-order valence-corrected chi connectivity index (χ4v) is 5.53. The van der Waals surface area contributed by atoms with Crippen LogP contribution >= 0.6 is 55.1 Å². The molecule has 0 heterocycles. The fourth-order valence-electron chi connectivity index (χ4n) is 4.03. The summed E-state index contributed by atoms with van der Waals surface area (Å²) in [6.07, 6.45) is 0. The molecular weight excluding hydrogens is 722 g/mol. The lowest BCUT2D eigenvalue weighted by atomic mass is 10.1. The van der Waals surface area contributed by atoms with Gasteiger partial charge in [0.15, 0.2) is 11.6 Å². The van der Waals surface area contributed by atoms with Gasteiger partial charge in [-0.25, -0.2) is 4.39 Å². The van der Waals surface area contributed by atoms with Crippen molar-refractivity contribution in [2.45, 2.75) is 0 Å². The molecule has 0 aliphatic rings. The van der Waals surface area contributed by atoms with Crippen molar-refractivity contribution in [3.63, 3.8) is 0 Å². The Morgan fingerprint density at radius 2 is 1.09 bits per heavy atom. The van der Waals surface area contributed by atoms with E-state index in [1.807, 2.05) is 84.9 Å². The fraction of sp³-hybridized carbons (Fsp3) is 0.0588. The number of methoxy groups -OCH3 is 2. The number of aromatic hydroxyl groups is 1. The molecule has 0 amide bonds. The number of benzene rings is 6. The van der Waals surface area contributed by atoms with Crippen molar-refractivity contribution >= 4 is 76.6 Å². The van der Waals surface area contributed by atoms with Crippen molar-refractivity contribution in [1.82, 2.24) is 0 Å². The zero-order chi connectivity index (χ0) is 30.9. The molecule has 0 fully saturated rings. The van der Waals surface area contributed by atoms with E-state index in [1.165, 1.54) is 7.11 Å². The largest absolute Gasteiger partial charge is 0.507 e. The molecule has 0 aliphatic heterocycles. The number of rotatable bonds is 4. The first-order chi connectivity index (χ1) is 20.7. The van der Waals surface area contributed by atoms with Gasteiger partial charge in [-0.05, 0) is 79.0 Å². The summed E-state index contributed by atoms with van der Waals surface area (Å²) in [7, 11) is 3.02. The summed E-state index contributed by atoms with van der Waals surface area (Å²) in [6, 6.07) is 34.0. The van der Waals surface area contributed by atoms with Crippen LogP contribution in [0.1, 0.15) is 0 Å². The van der Waals surface area contributed by atoms with E-state index in [0.717, 1.165) is 31.8 Å². The smallest absolute Gasteiger partial charge is 0.164 e. The van der Waals surface area contributed by atoms with Crippen LogP contribution in [0.3, 0.4) is 0 Å². The molecule has 0 saturated heterocycles. The van der Waals surface area contributed by atoms with Crippen LogP contribution in [0.2, 0.25) is 10.0 Å². The molecule has 0 unspecified atom stereocenters. The zero-order valence-corrected chi connectivity index (χ0v) is 27.6. The molecule has 0 spiro atoms. The summed E-state index contributed by atoms with van der Waals surface area (Å²) in [5, 5.41) is 14.0. The molecular formula is C34H25Br2Cl2FO4. The lowest BCUT2D eigenvalue weighted by Gasteiger charge is -2.13. The van der Waals surface area contributed by atoms with Crippen molar-refractivity contribution < 1.29 is 23.7 Å². The van der Waals surface area contributed by atoms with E-state index >= 15 is 0 Å². The molecule has 6 rings (SSSR count). The van der Waals surface area contributed by atoms with Crippen LogP contribution < -0.4 is 14.2 Å². The number of halogens is 5. The molecule has 6 aromatic carbocycles. The Labute approximate surface area is 275 Å². The number of phenols is 1. The minimum atomic E-state index is -0.494. The van der Waals surface area contributed by atoms with Crippen molar-refractivity contribution in [3.8, 4) is 28.7 Å². The molecule has 43 heavy (non-hydrogen) atoms. The summed E-state index contributed by atoms with van der Waals surface area (Å²) in [5.74, 6) is 2.08. The second-order valence-electron chi connectivity index (χ2n) is 8.85.